The first-order valence-corrected chi connectivity index (χ1v) is 6.31. The minimum Gasteiger partial charge on any atom is -0.381 e. The molecule has 3 atom stereocenters. The van der Waals surface area contributed by atoms with Gasteiger partial charge in [0, 0.05) is 25.2 Å². The van der Waals surface area contributed by atoms with Crippen LogP contribution in [0, 0.1) is 5.92 Å². The molecule has 1 N–H and O–H groups in total. The highest BCUT2D eigenvalue weighted by Gasteiger charge is 2.33. The molecule has 0 bridgehead atoms. The van der Waals surface area contributed by atoms with Gasteiger partial charge in [0.15, 0.2) is 0 Å². The quantitative estimate of drug-likeness (QED) is 0.755. The highest BCUT2D eigenvalue weighted by atomic mass is 16.5. The van der Waals surface area contributed by atoms with Crippen molar-refractivity contribution in [2.24, 2.45) is 5.92 Å². The SMILES string of the molecule is CNCC1CCCN1C(C)C1CCOC1. The monoisotopic (exact) mass is 212 g/mol. The molecule has 0 spiro atoms. The maximum absolute atomic E-state index is 5.49. The molecule has 0 amide bonds. The Labute approximate surface area is 93.2 Å². The molecule has 0 aromatic rings. The second-order valence-electron chi connectivity index (χ2n) is 4.96. The van der Waals surface area contributed by atoms with E-state index in [4.69, 9.17) is 4.74 Å². The van der Waals surface area contributed by atoms with Crippen LogP contribution in [0.3, 0.4) is 0 Å². The molecule has 88 valence electrons. The van der Waals surface area contributed by atoms with Crippen molar-refractivity contribution in [1.29, 1.82) is 0 Å². The van der Waals surface area contributed by atoms with Gasteiger partial charge in [-0.3, -0.25) is 4.90 Å². The zero-order chi connectivity index (χ0) is 10.7. The first-order valence-electron chi connectivity index (χ1n) is 6.31. The summed E-state index contributed by atoms with van der Waals surface area (Å²) in [6.07, 6.45) is 3.98. The van der Waals surface area contributed by atoms with Gasteiger partial charge in [-0.15, -0.1) is 0 Å². The van der Waals surface area contributed by atoms with E-state index in [1.54, 1.807) is 0 Å². The lowest BCUT2D eigenvalue weighted by Gasteiger charge is -2.33. The second-order valence-corrected chi connectivity index (χ2v) is 4.96. The van der Waals surface area contributed by atoms with Crippen molar-refractivity contribution >= 4 is 0 Å². The summed E-state index contributed by atoms with van der Waals surface area (Å²) in [6.45, 7) is 6.75. The van der Waals surface area contributed by atoms with Gasteiger partial charge in [0.25, 0.3) is 0 Å². The first kappa shape index (κ1) is 11.4. The minimum atomic E-state index is 0.702. The Morgan fingerprint density at radius 2 is 2.33 bits per heavy atom. The van der Waals surface area contributed by atoms with Crippen LogP contribution in [0.25, 0.3) is 0 Å². The normalized spacial score (nSPS) is 34.8. The molecule has 0 aliphatic carbocycles. The fraction of sp³-hybridized carbons (Fsp3) is 1.00. The van der Waals surface area contributed by atoms with Crippen molar-refractivity contribution in [3.63, 3.8) is 0 Å². The third-order valence-corrected chi connectivity index (χ3v) is 4.03. The molecule has 2 saturated heterocycles. The number of ether oxygens (including phenoxy) is 1. The van der Waals surface area contributed by atoms with E-state index in [0.29, 0.717) is 6.04 Å². The standard InChI is InChI=1S/C12H24N2O/c1-10(11-5-7-15-9-11)14-6-3-4-12(14)8-13-2/h10-13H,3-9H2,1-2H3. The Balaban J connectivity index is 1.89. The van der Waals surface area contributed by atoms with Crippen molar-refractivity contribution in [1.82, 2.24) is 10.2 Å². The molecule has 2 aliphatic heterocycles. The van der Waals surface area contributed by atoms with Crippen LogP contribution in [0.1, 0.15) is 26.2 Å². The minimum absolute atomic E-state index is 0.702. The molecule has 0 aromatic heterocycles. The molecule has 2 aliphatic rings. The fourth-order valence-corrected chi connectivity index (χ4v) is 3.05. The van der Waals surface area contributed by atoms with Crippen LogP contribution in [-0.2, 0) is 4.74 Å². The lowest BCUT2D eigenvalue weighted by atomic mass is 9.98. The summed E-state index contributed by atoms with van der Waals surface area (Å²) in [6, 6.07) is 1.46. The number of nitrogens with one attached hydrogen (secondary N) is 1. The van der Waals surface area contributed by atoms with Crippen molar-refractivity contribution in [2.75, 3.05) is 33.4 Å². The van der Waals surface area contributed by atoms with Crippen LogP contribution in [0.5, 0.6) is 0 Å². The Bertz CT molecular complexity index is 192. The topological polar surface area (TPSA) is 24.5 Å². The largest absolute Gasteiger partial charge is 0.381 e. The lowest BCUT2D eigenvalue weighted by molar-refractivity contribution is 0.118. The van der Waals surface area contributed by atoms with E-state index < -0.39 is 0 Å². The smallest absolute Gasteiger partial charge is 0.0509 e. The van der Waals surface area contributed by atoms with Crippen molar-refractivity contribution in [3.8, 4) is 0 Å². The van der Waals surface area contributed by atoms with Gasteiger partial charge in [0.2, 0.25) is 0 Å². The molecule has 15 heavy (non-hydrogen) atoms. The predicted octanol–water partition coefficient (Wildman–Crippen LogP) is 1.10. The van der Waals surface area contributed by atoms with Gasteiger partial charge < -0.3 is 10.1 Å². The maximum atomic E-state index is 5.49. The fourth-order valence-electron chi connectivity index (χ4n) is 3.05. The number of hydrogen-bond acceptors (Lipinski definition) is 3. The number of nitrogens with zero attached hydrogens (tertiary/aromatic N) is 1. The van der Waals surface area contributed by atoms with Crippen molar-refractivity contribution in [2.45, 2.75) is 38.3 Å². The average molecular weight is 212 g/mol. The molecule has 3 nitrogen and oxygen atoms in total. The van der Waals surface area contributed by atoms with Gasteiger partial charge in [-0.1, -0.05) is 0 Å². The van der Waals surface area contributed by atoms with E-state index in [1.165, 1.54) is 25.8 Å². The molecule has 2 heterocycles. The maximum Gasteiger partial charge on any atom is 0.0509 e. The average Bonchev–Trinajstić information content (AvgIpc) is 2.87. The van der Waals surface area contributed by atoms with E-state index in [9.17, 15) is 0 Å². The lowest BCUT2D eigenvalue weighted by Crippen LogP contribution is -2.45. The van der Waals surface area contributed by atoms with Gasteiger partial charge in [-0.05, 0) is 45.7 Å². The first-order chi connectivity index (χ1) is 7.33. The van der Waals surface area contributed by atoms with Gasteiger partial charge in [-0.25, -0.2) is 0 Å². The van der Waals surface area contributed by atoms with Gasteiger partial charge in [0.05, 0.1) is 6.61 Å². The predicted molar refractivity (Wildman–Crippen MR) is 62.0 cm³/mol. The summed E-state index contributed by atoms with van der Waals surface area (Å²) in [5, 5.41) is 3.31. The third-order valence-electron chi connectivity index (χ3n) is 4.03. The highest BCUT2D eigenvalue weighted by molar-refractivity contribution is 4.88. The Morgan fingerprint density at radius 3 is 3.00 bits per heavy atom. The zero-order valence-corrected chi connectivity index (χ0v) is 10.0. The summed E-state index contributed by atoms with van der Waals surface area (Å²) in [7, 11) is 2.06. The Morgan fingerprint density at radius 1 is 1.47 bits per heavy atom. The van der Waals surface area contributed by atoms with Crippen LogP contribution < -0.4 is 5.32 Å². The molecule has 3 unspecified atom stereocenters. The summed E-state index contributed by atoms with van der Waals surface area (Å²) < 4.78 is 5.49. The van der Waals surface area contributed by atoms with Crippen LogP contribution in [0.15, 0.2) is 0 Å². The summed E-state index contributed by atoms with van der Waals surface area (Å²) in [5.74, 6) is 0.766. The number of likely N-dealkylation sites (N-methyl/N-ethyl adjacent to an activating group) is 1. The van der Waals surface area contributed by atoms with Crippen LogP contribution >= 0.6 is 0 Å². The highest BCUT2D eigenvalue weighted by Crippen LogP contribution is 2.27. The van der Waals surface area contributed by atoms with Crippen molar-refractivity contribution < 1.29 is 4.74 Å². The van der Waals surface area contributed by atoms with Gasteiger partial charge >= 0.3 is 0 Å². The molecule has 2 rings (SSSR count). The molecular weight excluding hydrogens is 188 g/mol. The Kier molecular flexibility index (Phi) is 4.00. The Hall–Kier alpha value is -0.120. The zero-order valence-electron chi connectivity index (χ0n) is 10.0. The number of likely N-dealkylation sites (tertiary alicyclic amines) is 1. The molecule has 2 fully saturated rings. The van der Waals surface area contributed by atoms with Crippen LogP contribution in [0.4, 0.5) is 0 Å². The second kappa shape index (κ2) is 5.28. The van der Waals surface area contributed by atoms with E-state index >= 15 is 0 Å². The van der Waals surface area contributed by atoms with Crippen LogP contribution in [-0.4, -0.2) is 50.3 Å². The molecular formula is C12H24N2O. The van der Waals surface area contributed by atoms with E-state index in [0.717, 1.165) is 31.7 Å². The summed E-state index contributed by atoms with van der Waals surface area (Å²) >= 11 is 0. The van der Waals surface area contributed by atoms with Crippen molar-refractivity contribution in [3.05, 3.63) is 0 Å². The van der Waals surface area contributed by atoms with E-state index in [-0.39, 0.29) is 0 Å². The molecule has 0 radical (unpaired) electrons. The molecule has 0 saturated carbocycles. The summed E-state index contributed by atoms with van der Waals surface area (Å²) in [4.78, 5) is 2.69. The van der Waals surface area contributed by atoms with Gasteiger partial charge in [-0.2, -0.15) is 0 Å². The number of rotatable bonds is 4. The van der Waals surface area contributed by atoms with Crippen LogP contribution in [0.2, 0.25) is 0 Å². The van der Waals surface area contributed by atoms with E-state index in [2.05, 4.69) is 24.2 Å². The third kappa shape index (κ3) is 2.52. The van der Waals surface area contributed by atoms with Gasteiger partial charge in [0.1, 0.15) is 0 Å². The van der Waals surface area contributed by atoms with E-state index in [1.807, 2.05) is 0 Å². The number of hydrogen-bond donors (Lipinski definition) is 1. The molecule has 3 heteroatoms. The molecule has 0 aromatic carbocycles. The summed E-state index contributed by atoms with van der Waals surface area (Å²) in [5.41, 5.74) is 0.